The van der Waals surface area contributed by atoms with Gasteiger partial charge in [0.15, 0.2) is 5.96 Å². The molecule has 1 aromatic rings. The van der Waals surface area contributed by atoms with Crippen molar-refractivity contribution in [3.8, 4) is 11.5 Å². The van der Waals surface area contributed by atoms with Gasteiger partial charge in [0.2, 0.25) is 5.91 Å². The average Bonchev–Trinajstić information content (AvgIpc) is 3.04. The third kappa shape index (κ3) is 7.15. The second-order valence-electron chi connectivity index (χ2n) is 7.38. The van der Waals surface area contributed by atoms with Crippen LogP contribution in [0.1, 0.15) is 58.6 Å². The fourth-order valence-corrected chi connectivity index (χ4v) is 3.14. The van der Waals surface area contributed by atoms with E-state index >= 15 is 0 Å². The first-order valence-corrected chi connectivity index (χ1v) is 10.7. The Kier molecular flexibility index (Phi) is 9.09. The molecule has 1 aliphatic rings. The molecule has 7 heteroatoms. The van der Waals surface area contributed by atoms with E-state index in [2.05, 4.69) is 40.9 Å². The zero-order valence-corrected chi connectivity index (χ0v) is 18.4. The van der Waals surface area contributed by atoms with Gasteiger partial charge in [-0.1, -0.05) is 6.92 Å². The number of carbonyl (C=O) groups is 1. The van der Waals surface area contributed by atoms with Crippen molar-refractivity contribution >= 4 is 11.9 Å². The lowest BCUT2D eigenvalue weighted by atomic mass is 10.1. The number of carbonyl (C=O) groups excluding carboxylic acids is 1. The maximum Gasteiger partial charge on any atom is 0.221 e. The van der Waals surface area contributed by atoms with Gasteiger partial charge in [0.1, 0.15) is 17.6 Å². The van der Waals surface area contributed by atoms with Gasteiger partial charge in [0.05, 0.1) is 13.2 Å². The minimum atomic E-state index is 0.0474. The van der Waals surface area contributed by atoms with Crippen LogP contribution in [0.15, 0.2) is 17.1 Å². The highest BCUT2D eigenvalue weighted by molar-refractivity contribution is 5.81. The standard InChI is InChI=1S/C22H36N4O3/c1-6-15(4)26-21(27)9-10-24-22(23-7-2)25-14-18-13-20-17(11-16(5)29-20)12-19(18)28-8-3/h12-13,15-16H,6-11,14H2,1-5H3,(H,26,27)(H2,23,24,25). The summed E-state index contributed by atoms with van der Waals surface area (Å²) < 4.78 is 11.7. The van der Waals surface area contributed by atoms with Gasteiger partial charge in [0, 0.05) is 43.1 Å². The van der Waals surface area contributed by atoms with E-state index in [1.165, 1.54) is 5.56 Å². The molecule has 3 N–H and O–H groups in total. The Morgan fingerprint density at radius 2 is 2.10 bits per heavy atom. The first kappa shape index (κ1) is 22.8. The number of amides is 1. The highest BCUT2D eigenvalue weighted by Gasteiger charge is 2.21. The summed E-state index contributed by atoms with van der Waals surface area (Å²) in [5.41, 5.74) is 2.18. The van der Waals surface area contributed by atoms with Crippen LogP contribution in [0, 0.1) is 0 Å². The molecule has 1 aromatic carbocycles. The molecule has 0 aromatic heterocycles. The van der Waals surface area contributed by atoms with Crippen molar-refractivity contribution in [1.82, 2.24) is 16.0 Å². The molecule has 0 saturated heterocycles. The lowest BCUT2D eigenvalue weighted by molar-refractivity contribution is -0.121. The summed E-state index contributed by atoms with van der Waals surface area (Å²) >= 11 is 0. The molecular formula is C22H36N4O3. The molecule has 162 valence electrons. The maximum absolute atomic E-state index is 11.9. The van der Waals surface area contributed by atoms with Crippen LogP contribution in [0.4, 0.5) is 0 Å². The van der Waals surface area contributed by atoms with Gasteiger partial charge < -0.3 is 25.4 Å². The molecule has 29 heavy (non-hydrogen) atoms. The molecule has 2 atom stereocenters. The number of guanidine groups is 1. The van der Waals surface area contributed by atoms with Gasteiger partial charge in [0.25, 0.3) is 0 Å². The van der Waals surface area contributed by atoms with Gasteiger partial charge in [-0.15, -0.1) is 0 Å². The lowest BCUT2D eigenvalue weighted by Gasteiger charge is -2.14. The SMILES string of the molecule is CCNC(=NCc1cc2c(cc1OCC)CC(C)O2)NCCC(=O)NC(C)CC. The van der Waals surface area contributed by atoms with Crippen LogP contribution in [-0.4, -0.2) is 43.7 Å². The monoisotopic (exact) mass is 404 g/mol. The Bertz CT molecular complexity index is 706. The minimum Gasteiger partial charge on any atom is -0.494 e. The van der Waals surface area contributed by atoms with E-state index in [0.29, 0.717) is 32.1 Å². The highest BCUT2D eigenvalue weighted by Crippen LogP contribution is 2.35. The van der Waals surface area contributed by atoms with Crippen LogP contribution in [0.25, 0.3) is 0 Å². The van der Waals surface area contributed by atoms with Crippen LogP contribution in [-0.2, 0) is 17.8 Å². The van der Waals surface area contributed by atoms with E-state index < -0.39 is 0 Å². The summed E-state index contributed by atoms with van der Waals surface area (Å²) in [7, 11) is 0. The second kappa shape index (κ2) is 11.5. The number of nitrogens with one attached hydrogen (secondary N) is 3. The van der Waals surface area contributed by atoms with Gasteiger partial charge in [-0.05, 0) is 46.2 Å². The van der Waals surface area contributed by atoms with Crippen molar-refractivity contribution in [2.75, 3.05) is 19.7 Å². The van der Waals surface area contributed by atoms with Crippen LogP contribution >= 0.6 is 0 Å². The molecule has 0 saturated carbocycles. The predicted octanol–water partition coefficient (Wildman–Crippen LogP) is 2.77. The van der Waals surface area contributed by atoms with Crippen molar-refractivity contribution in [3.05, 3.63) is 23.3 Å². The number of aliphatic imine (C=N–C) groups is 1. The van der Waals surface area contributed by atoms with E-state index in [1.54, 1.807) is 0 Å². The van der Waals surface area contributed by atoms with Gasteiger partial charge in [-0.25, -0.2) is 4.99 Å². The molecule has 1 amide bonds. The van der Waals surface area contributed by atoms with Crippen LogP contribution in [0.5, 0.6) is 11.5 Å². The van der Waals surface area contributed by atoms with Crippen molar-refractivity contribution in [1.29, 1.82) is 0 Å². The summed E-state index contributed by atoms with van der Waals surface area (Å²) in [5, 5.41) is 9.43. The third-order valence-electron chi connectivity index (χ3n) is 4.79. The topological polar surface area (TPSA) is 84.0 Å². The number of benzene rings is 1. The van der Waals surface area contributed by atoms with Crippen molar-refractivity contribution in [2.24, 2.45) is 4.99 Å². The Hall–Kier alpha value is -2.44. The number of rotatable bonds is 10. The Morgan fingerprint density at radius 1 is 1.31 bits per heavy atom. The molecule has 7 nitrogen and oxygen atoms in total. The van der Waals surface area contributed by atoms with Gasteiger partial charge in [-0.3, -0.25) is 4.79 Å². The number of hydrogen-bond acceptors (Lipinski definition) is 4. The quantitative estimate of drug-likeness (QED) is 0.413. The smallest absolute Gasteiger partial charge is 0.221 e. The number of nitrogens with zero attached hydrogens (tertiary/aromatic N) is 1. The molecule has 1 heterocycles. The lowest BCUT2D eigenvalue weighted by Crippen LogP contribution is -2.40. The predicted molar refractivity (Wildman–Crippen MR) is 117 cm³/mol. The molecule has 0 aliphatic carbocycles. The van der Waals surface area contributed by atoms with E-state index in [0.717, 1.165) is 36.4 Å². The number of hydrogen-bond donors (Lipinski definition) is 3. The van der Waals surface area contributed by atoms with Crippen LogP contribution in [0.2, 0.25) is 0 Å². The van der Waals surface area contributed by atoms with Crippen LogP contribution < -0.4 is 25.4 Å². The largest absolute Gasteiger partial charge is 0.494 e. The molecule has 0 radical (unpaired) electrons. The van der Waals surface area contributed by atoms with E-state index in [4.69, 9.17) is 9.47 Å². The first-order valence-electron chi connectivity index (χ1n) is 10.7. The Morgan fingerprint density at radius 3 is 2.79 bits per heavy atom. The van der Waals surface area contributed by atoms with Crippen LogP contribution in [0.3, 0.4) is 0 Å². The van der Waals surface area contributed by atoms with Gasteiger partial charge in [-0.2, -0.15) is 0 Å². The summed E-state index contributed by atoms with van der Waals surface area (Å²) in [6.45, 7) is 12.5. The fourth-order valence-electron chi connectivity index (χ4n) is 3.14. The third-order valence-corrected chi connectivity index (χ3v) is 4.79. The summed E-state index contributed by atoms with van der Waals surface area (Å²) in [5.74, 6) is 2.51. The normalized spacial score (nSPS) is 16.6. The highest BCUT2D eigenvalue weighted by atomic mass is 16.5. The molecule has 0 fully saturated rings. The van der Waals surface area contributed by atoms with E-state index in [-0.39, 0.29) is 18.1 Å². The molecule has 1 aliphatic heterocycles. The van der Waals surface area contributed by atoms with Crippen molar-refractivity contribution in [2.45, 2.75) is 72.6 Å². The minimum absolute atomic E-state index is 0.0474. The first-order chi connectivity index (χ1) is 14.0. The Balaban J connectivity index is 2.00. The molecule has 0 spiro atoms. The molecule has 0 bridgehead atoms. The van der Waals surface area contributed by atoms with E-state index in [1.807, 2.05) is 26.8 Å². The number of fused-ring (bicyclic) bond motifs is 1. The van der Waals surface area contributed by atoms with Gasteiger partial charge >= 0.3 is 0 Å². The number of ether oxygens (including phenoxy) is 2. The zero-order valence-electron chi connectivity index (χ0n) is 18.4. The second-order valence-corrected chi connectivity index (χ2v) is 7.38. The van der Waals surface area contributed by atoms with E-state index in [9.17, 15) is 4.79 Å². The zero-order chi connectivity index (χ0) is 21.2. The fraction of sp³-hybridized carbons (Fsp3) is 0.636. The summed E-state index contributed by atoms with van der Waals surface area (Å²) in [6.07, 6.45) is 2.43. The maximum atomic E-state index is 11.9. The summed E-state index contributed by atoms with van der Waals surface area (Å²) in [6, 6.07) is 4.31. The molecule has 2 unspecified atom stereocenters. The molecular weight excluding hydrogens is 368 g/mol. The van der Waals surface area contributed by atoms with Crippen molar-refractivity contribution < 1.29 is 14.3 Å². The Labute approximate surface area is 174 Å². The van der Waals surface area contributed by atoms with Crippen molar-refractivity contribution in [3.63, 3.8) is 0 Å². The molecule has 2 rings (SSSR count). The average molecular weight is 405 g/mol. The summed E-state index contributed by atoms with van der Waals surface area (Å²) in [4.78, 5) is 16.6.